The maximum Gasteiger partial charge on any atom is 0.237 e. The first-order valence-corrected chi connectivity index (χ1v) is 6.96. The van der Waals surface area contributed by atoms with Crippen LogP contribution in [0.15, 0.2) is 25.3 Å². The highest BCUT2D eigenvalue weighted by Gasteiger charge is 2.24. The number of likely N-dealkylation sites (N-methyl/N-ethyl adjacent to an activating group) is 1. The van der Waals surface area contributed by atoms with Crippen LogP contribution in [0.1, 0.15) is 12.8 Å². The molecule has 1 aliphatic heterocycles. The van der Waals surface area contributed by atoms with Crippen molar-refractivity contribution in [1.29, 1.82) is 0 Å². The van der Waals surface area contributed by atoms with Crippen LogP contribution in [0.5, 0.6) is 0 Å². The van der Waals surface area contributed by atoms with Gasteiger partial charge in [0.25, 0.3) is 0 Å². The van der Waals surface area contributed by atoms with Crippen LogP contribution in [0.2, 0.25) is 0 Å². The van der Waals surface area contributed by atoms with Gasteiger partial charge in [-0.3, -0.25) is 9.69 Å². The first kappa shape index (κ1) is 15.9. The van der Waals surface area contributed by atoms with Crippen molar-refractivity contribution in [1.82, 2.24) is 14.7 Å². The van der Waals surface area contributed by atoms with Gasteiger partial charge in [-0.1, -0.05) is 12.2 Å². The van der Waals surface area contributed by atoms with Crippen molar-refractivity contribution in [3.63, 3.8) is 0 Å². The van der Waals surface area contributed by atoms with Gasteiger partial charge in [-0.05, 0) is 33.5 Å². The van der Waals surface area contributed by atoms with Gasteiger partial charge < -0.3 is 9.80 Å². The van der Waals surface area contributed by atoms with E-state index in [2.05, 4.69) is 37.1 Å². The molecule has 0 saturated carbocycles. The maximum absolute atomic E-state index is 12.2. The molecule has 1 rings (SSSR count). The largest absolute Gasteiger partial charge is 0.334 e. The normalized spacial score (nSPS) is 20.3. The Morgan fingerprint density at radius 3 is 2.47 bits per heavy atom. The van der Waals surface area contributed by atoms with Gasteiger partial charge in [0.1, 0.15) is 0 Å². The monoisotopic (exact) mass is 265 g/mol. The fourth-order valence-corrected chi connectivity index (χ4v) is 2.48. The van der Waals surface area contributed by atoms with Crippen LogP contribution in [-0.4, -0.2) is 73.5 Å². The van der Waals surface area contributed by atoms with Crippen molar-refractivity contribution in [3.8, 4) is 0 Å². The standard InChI is InChI=1S/C15H27N3O/c1-5-9-18(10-6-2)15(19)13-17-11-7-8-14(12-17)16(3)4/h5-6,14H,1-2,7-13H2,3-4H3. The Hall–Kier alpha value is -1.13. The molecule has 1 amide bonds. The lowest BCUT2D eigenvalue weighted by Crippen LogP contribution is -2.49. The van der Waals surface area contributed by atoms with Crippen molar-refractivity contribution in [3.05, 3.63) is 25.3 Å². The van der Waals surface area contributed by atoms with Gasteiger partial charge in [0, 0.05) is 25.7 Å². The second-order valence-electron chi connectivity index (χ2n) is 5.37. The minimum Gasteiger partial charge on any atom is -0.334 e. The molecule has 1 atom stereocenters. The Morgan fingerprint density at radius 1 is 1.32 bits per heavy atom. The van der Waals surface area contributed by atoms with E-state index in [9.17, 15) is 4.79 Å². The molecule has 0 aromatic carbocycles. The van der Waals surface area contributed by atoms with E-state index in [4.69, 9.17) is 0 Å². The quantitative estimate of drug-likeness (QED) is 0.648. The summed E-state index contributed by atoms with van der Waals surface area (Å²) in [6, 6.07) is 0.564. The van der Waals surface area contributed by atoms with Gasteiger partial charge in [-0.25, -0.2) is 0 Å². The van der Waals surface area contributed by atoms with E-state index < -0.39 is 0 Å². The molecule has 0 spiro atoms. The molecule has 1 saturated heterocycles. The minimum atomic E-state index is 0.166. The minimum absolute atomic E-state index is 0.166. The summed E-state index contributed by atoms with van der Waals surface area (Å²) in [6.45, 7) is 11.1. The molecule has 0 radical (unpaired) electrons. The topological polar surface area (TPSA) is 26.8 Å². The van der Waals surface area contributed by atoms with Crippen molar-refractivity contribution in [2.75, 3.05) is 46.8 Å². The summed E-state index contributed by atoms with van der Waals surface area (Å²) >= 11 is 0. The molecule has 1 aliphatic rings. The van der Waals surface area contributed by atoms with E-state index >= 15 is 0 Å². The SMILES string of the molecule is C=CCN(CC=C)C(=O)CN1CCCC(N(C)C)C1. The van der Waals surface area contributed by atoms with Gasteiger partial charge in [-0.15, -0.1) is 13.2 Å². The van der Waals surface area contributed by atoms with Gasteiger partial charge >= 0.3 is 0 Å². The van der Waals surface area contributed by atoms with Crippen LogP contribution >= 0.6 is 0 Å². The first-order valence-electron chi connectivity index (χ1n) is 6.96. The first-order chi connectivity index (χ1) is 9.08. The number of amides is 1. The molecule has 4 nitrogen and oxygen atoms in total. The highest BCUT2D eigenvalue weighted by molar-refractivity contribution is 5.78. The number of rotatable bonds is 7. The van der Waals surface area contributed by atoms with Gasteiger partial charge in [0.15, 0.2) is 0 Å². The maximum atomic E-state index is 12.2. The number of nitrogens with zero attached hydrogens (tertiary/aromatic N) is 3. The van der Waals surface area contributed by atoms with Crippen molar-refractivity contribution in [2.45, 2.75) is 18.9 Å². The van der Waals surface area contributed by atoms with E-state index in [1.54, 1.807) is 17.1 Å². The lowest BCUT2D eigenvalue weighted by atomic mass is 10.1. The molecule has 1 heterocycles. The summed E-state index contributed by atoms with van der Waals surface area (Å²) in [7, 11) is 4.22. The zero-order chi connectivity index (χ0) is 14.3. The molecule has 108 valence electrons. The highest BCUT2D eigenvalue weighted by atomic mass is 16.2. The third-order valence-electron chi connectivity index (χ3n) is 3.62. The Labute approximate surface area is 117 Å². The lowest BCUT2D eigenvalue weighted by molar-refractivity contribution is -0.131. The van der Waals surface area contributed by atoms with Crippen molar-refractivity contribution < 1.29 is 4.79 Å². The number of hydrogen-bond acceptors (Lipinski definition) is 3. The number of piperidine rings is 1. The molecule has 1 unspecified atom stereocenters. The Bertz CT molecular complexity index is 305. The van der Waals surface area contributed by atoms with Gasteiger partial charge in [0.2, 0.25) is 5.91 Å². The van der Waals surface area contributed by atoms with Crippen LogP contribution in [0, 0.1) is 0 Å². The molecule has 0 aromatic heterocycles. The van der Waals surface area contributed by atoms with E-state index in [1.165, 1.54) is 12.8 Å². The zero-order valence-electron chi connectivity index (χ0n) is 12.3. The molecular weight excluding hydrogens is 238 g/mol. The van der Waals surface area contributed by atoms with Gasteiger partial charge in [0.05, 0.1) is 6.54 Å². The molecule has 0 N–H and O–H groups in total. The summed E-state index contributed by atoms with van der Waals surface area (Å²) in [5.74, 6) is 0.166. The Morgan fingerprint density at radius 2 is 1.95 bits per heavy atom. The summed E-state index contributed by atoms with van der Waals surface area (Å²) in [6.07, 6.45) is 5.92. The molecule has 0 bridgehead atoms. The molecular formula is C15H27N3O. The van der Waals surface area contributed by atoms with Gasteiger partial charge in [-0.2, -0.15) is 0 Å². The lowest BCUT2D eigenvalue weighted by Gasteiger charge is -2.36. The third kappa shape index (κ3) is 5.17. The number of hydrogen-bond donors (Lipinski definition) is 0. The van der Waals surface area contributed by atoms with Crippen LogP contribution in [0.4, 0.5) is 0 Å². The highest BCUT2D eigenvalue weighted by Crippen LogP contribution is 2.13. The average molecular weight is 265 g/mol. The second-order valence-corrected chi connectivity index (χ2v) is 5.37. The molecule has 1 fully saturated rings. The fourth-order valence-electron chi connectivity index (χ4n) is 2.48. The second kappa shape index (κ2) is 8.12. The molecule has 0 aromatic rings. The van der Waals surface area contributed by atoms with E-state index in [0.717, 1.165) is 13.1 Å². The van der Waals surface area contributed by atoms with Crippen LogP contribution in [0.25, 0.3) is 0 Å². The number of carbonyl (C=O) groups is 1. The summed E-state index contributed by atoms with van der Waals surface area (Å²) < 4.78 is 0. The Kier molecular flexibility index (Phi) is 6.81. The van der Waals surface area contributed by atoms with Crippen molar-refractivity contribution in [2.24, 2.45) is 0 Å². The summed E-state index contributed by atoms with van der Waals surface area (Å²) in [5.41, 5.74) is 0. The molecule has 4 heteroatoms. The van der Waals surface area contributed by atoms with E-state index in [-0.39, 0.29) is 5.91 Å². The summed E-state index contributed by atoms with van der Waals surface area (Å²) in [5, 5.41) is 0. The number of likely N-dealkylation sites (tertiary alicyclic amines) is 1. The zero-order valence-corrected chi connectivity index (χ0v) is 12.3. The Balaban J connectivity index is 2.49. The average Bonchev–Trinajstić information content (AvgIpc) is 2.38. The fraction of sp³-hybridized carbons (Fsp3) is 0.667. The predicted octanol–water partition coefficient (Wildman–Crippen LogP) is 1.21. The van der Waals surface area contributed by atoms with E-state index in [1.807, 2.05) is 0 Å². The van der Waals surface area contributed by atoms with Crippen molar-refractivity contribution >= 4 is 5.91 Å². The smallest absolute Gasteiger partial charge is 0.237 e. The van der Waals surface area contributed by atoms with E-state index in [0.29, 0.717) is 25.7 Å². The number of carbonyl (C=O) groups excluding carboxylic acids is 1. The predicted molar refractivity (Wildman–Crippen MR) is 80.1 cm³/mol. The van der Waals surface area contributed by atoms with Crippen LogP contribution in [0.3, 0.4) is 0 Å². The van der Waals surface area contributed by atoms with Crippen LogP contribution < -0.4 is 0 Å². The van der Waals surface area contributed by atoms with Crippen LogP contribution in [-0.2, 0) is 4.79 Å². The summed E-state index contributed by atoms with van der Waals surface area (Å²) in [4.78, 5) is 18.5. The molecule has 0 aliphatic carbocycles. The third-order valence-corrected chi connectivity index (χ3v) is 3.62. The molecule has 19 heavy (non-hydrogen) atoms.